The average Bonchev–Trinajstić information content (AvgIpc) is 2.46. The fourth-order valence-corrected chi connectivity index (χ4v) is 4.27. The van der Waals surface area contributed by atoms with Crippen LogP contribution in [0.1, 0.15) is 32.3 Å². The second-order valence-corrected chi connectivity index (χ2v) is 7.29. The van der Waals surface area contributed by atoms with Crippen molar-refractivity contribution in [3.05, 3.63) is 33.8 Å². The van der Waals surface area contributed by atoms with Crippen molar-refractivity contribution in [1.29, 1.82) is 0 Å². The number of benzene rings is 1. The maximum Gasteiger partial charge on any atom is 0.0595 e. The van der Waals surface area contributed by atoms with Gasteiger partial charge in [0, 0.05) is 18.6 Å². The molecular weight excluding hydrogens is 305 g/mol. The molecule has 2 rings (SSSR count). The SMILES string of the molecule is CNC[C@@]1(c2ccc(Cl)c(Cl)c2)CCC(C)C(C)[C@H]1CO. The minimum atomic E-state index is -0.0797. The number of likely N-dealkylation sites (N-methyl/N-ethyl adjacent to an activating group) is 1. The molecule has 1 aromatic rings. The van der Waals surface area contributed by atoms with Gasteiger partial charge in [-0.2, -0.15) is 0 Å². The van der Waals surface area contributed by atoms with E-state index in [1.807, 2.05) is 19.2 Å². The summed E-state index contributed by atoms with van der Waals surface area (Å²) in [4.78, 5) is 0. The van der Waals surface area contributed by atoms with Gasteiger partial charge in [-0.15, -0.1) is 0 Å². The number of hydrogen-bond donors (Lipinski definition) is 2. The Morgan fingerprint density at radius 2 is 2.00 bits per heavy atom. The van der Waals surface area contributed by atoms with E-state index in [0.717, 1.165) is 13.0 Å². The third-order valence-corrected chi connectivity index (χ3v) is 6.21. The highest BCUT2D eigenvalue weighted by atomic mass is 35.5. The predicted octanol–water partition coefficient (Wildman–Crippen LogP) is 4.13. The number of hydrogen-bond acceptors (Lipinski definition) is 2. The monoisotopic (exact) mass is 329 g/mol. The van der Waals surface area contributed by atoms with Crippen LogP contribution in [-0.4, -0.2) is 25.3 Å². The normalized spacial score (nSPS) is 33.1. The molecular formula is C17H25Cl2NO. The molecule has 0 bridgehead atoms. The number of rotatable bonds is 4. The van der Waals surface area contributed by atoms with Crippen molar-refractivity contribution in [2.75, 3.05) is 20.2 Å². The minimum Gasteiger partial charge on any atom is -0.396 e. The van der Waals surface area contributed by atoms with Crippen molar-refractivity contribution < 1.29 is 5.11 Å². The van der Waals surface area contributed by atoms with E-state index in [9.17, 15) is 5.11 Å². The topological polar surface area (TPSA) is 32.3 Å². The van der Waals surface area contributed by atoms with Gasteiger partial charge < -0.3 is 10.4 Å². The van der Waals surface area contributed by atoms with Crippen LogP contribution in [0.5, 0.6) is 0 Å². The third-order valence-electron chi connectivity index (χ3n) is 5.47. The fourth-order valence-electron chi connectivity index (χ4n) is 3.98. The van der Waals surface area contributed by atoms with E-state index in [2.05, 4.69) is 25.2 Å². The number of aliphatic hydroxyl groups is 1. The quantitative estimate of drug-likeness (QED) is 0.870. The molecule has 0 radical (unpaired) electrons. The molecule has 1 saturated carbocycles. The number of halogens is 2. The van der Waals surface area contributed by atoms with E-state index in [0.29, 0.717) is 21.9 Å². The van der Waals surface area contributed by atoms with E-state index in [1.54, 1.807) is 0 Å². The Morgan fingerprint density at radius 1 is 1.29 bits per heavy atom. The van der Waals surface area contributed by atoms with E-state index < -0.39 is 0 Å². The van der Waals surface area contributed by atoms with Crippen molar-refractivity contribution in [3.63, 3.8) is 0 Å². The van der Waals surface area contributed by atoms with Crippen LogP contribution in [0.2, 0.25) is 10.0 Å². The van der Waals surface area contributed by atoms with Crippen LogP contribution in [-0.2, 0) is 5.41 Å². The average molecular weight is 330 g/mol. The molecule has 4 atom stereocenters. The maximum atomic E-state index is 10.0. The van der Waals surface area contributed by atoms with Gasteiger partial charge in [-0.05, 0) is 55.3 Å². The Bertz CT molecular complexity index is 494. The van der Waals surface area contributed by atoms with Crippen molar-refractivity contribution in [3.8, 4) is 0 Å². The summed E-state index contributed by atoms with van der Waals surface area (Å²) in [6.07, 6.45) is 2.22. The van der Waals surface area contributed by atoms with E-state index >= 15 is 0 Å². The second kappa shape index (κ2) is 6.87. The number of nitrogens with one attached hydrogen (secondary N) is 1. The lowest BCUT2D eigenvalue weighted by atomic mass is 9.56. The fraction of sp³-hybridized carbons (Fsp3) is 0.647. The van der Waals surface area contributed by atoms with E-state index in [-0.39, 0.29) is 17.9 Å². The molecule has 1 aliphatic rings. The van der Waals surface area contributed by atoms with E-state index in [1.165, 1.54) is 12.0 Å². The zero-order chi connectivity index (χ0) is 15.6. The Hall–Kier alpha value is -0.280. The van der Waals surface area contributed by atoms with Crippen LogP contribution in [0.4, 0.5) is 0 Å². The lowest BCUT2D eigenvalue weighted by Gasteiger charge is -2.50. The summed E-state index contributed by atoms with van der Waals surface area (Å²) in [5, 5.41) is 14.5. The summed E-state index contributed by atoms with van der Waals surface area (Å²) in [6.45, 7) is 5.58. The van der Waals surface area contributed by atoms with Crippen molar-refractivity contribution in [2.45, 2.75) is 32.1 Å². The van der Waals surface area contributed by atoms with Gasteiger partial charge in [-0.3, -0.25) is 0 Å². The summed E-state index contributed by atoms with van der Waals surface area (Å²) >= 11 is 12.3. The zero-order valence-electron chi connectivity index (χ0n) is 13.0. The van der Waals surface area contributed by atoms with Gasteiger partial charge >= 0.3 is 0 Å². The van der Waals surface area contributed by atoms with Crippen molar-refractivity contribution in [2.24, 2.45) is 17.8 Å². The molecule has 1 aliphatic carbocycles. The van der Waals surface area contributed by atoms with Gasteiger partial charge in [0.25, 0.3) is 0 Å². The predicted molar refractivity (Wildman–Crippen MR) is 90.2 cm³/mol. The molecule has 0 amide bonds. The minimum absolute atomic E-state index is 0.0797. The van der Waals surface area contributed by atoms with Gasteiger partial charge in [0.2, 0.25) is 0 Å². The maximum absolute atomic E-state index is 10.0. The summed E-state index contributed by atoms with van der Waals surface area (Å²) in [5.41, 5.74) is 1.10. The smallest absolute Gasteiger partial charge is 0.0595 e. The van der Waals surface area contributed by atoms with Crippen LogP contribution in [0.25, 0.3) is 0 Å². The highest BCUT2D eigenvalue weighted by Gasteiger charge is 2.46. The molecule has 4 heteroatoms. The molecule has 2 nitrogen and oxygen atoms in total. The van der Waals surface area contributed by atoms with Crippen LogP contribution in [0.3, 0.4) is 0 Å². The van der Waals surface area contributed by atoms with Crippen molar-refractivity contribution in [1.82, 2.24) is 5.32 Å². The molecule has 0 aromatic heterocycles. The van der Waals surface area contributed by atoms with E-state index in [4.69, 9.17) is 23.2 Å². The van der Waals surface area contributed by atoms with Gasteiger partial charge in [-0.25, -0.2) is 0 Å². The first-order chi connectivity index (χ1) is 9.96. The summed E-state index contributed by atoms with van der Waals surface area (Å²) < 4.78 is 0. The molecule has 0 aliphatic heterocycles. The van der Waals surface area contributed by atoms with Gasteiger partial charge in [-0.1, -0.05) is 43.1 Å². The summed E-state index contributed by atoms with van der Waals surface area (Å²) in [6, 6.07) is 5.91. The first kappa shape index (κ1) is 17.1. The molecule has 1 aromatic carbocycles. The molecule has 21 heavy (non-hydrogen) atoms. The molecule has 0 heterocycles. The second-order valence-electron chi connectivity index (χ2n) is 6.48. The summed E-state index contributed by atoms with van der Waals surface area (Å²) in [5.74, 6) is 1.34. The van der Waals surface area contributed by atoms with Gasteiger partial charge in [0.05, 0.1) is 10.0 Å². The van der Waals surface area contributed by atoms with Gasteiger partial charge in [0.1, 0.15) is 0 Å². The molecule has 1 fully saturated rings. The molecule has 118 valence electrons. The highest BCUT2D eigenvalue weighted by molar-refractivity contribution is 6.42. The van der Waals surface area contributed by atoms with Crippen LogP contribution >= 0.6 is 23.2 Å². The molecule has 2 N–H and O–H groups in total. The largest absolute Gasteiger partial charge is 0.396 e. The van der Waals surface area contributed by atoms with Gasteiger partial charge in [0.15, 0.2) is 0 Å². The summed E-state index contributed by atoms with van der Waals surface area (Å²) in [7, 11) is 1.97. The molecule has 0 saturated heterocycles. The van der Waals surface area contributed by atoms with Crippen LogP contribution in [0.15, 0.2) is 18.2 Å². The molecule has 2 unspecified atom stereocenters. The lowest BCUT2D eigenvalue weighted by molar-refractivity contribution is 0.0310. The standard InChI is InChI=1S/C17H25Cl2NO/c1-11-6-7-17(10-20-3,14(9-21)12(11)2)13-4-5-15(18)16(19)8-13/h4-5,8,11-12,14,20-21H,6-7,9-10H2,1-3H3/t11?,12?,14-,17-/m1/s1. The molecule has 0 spiro atoms. The Morgan fingerprint density at radius 3 is 2.57 bits per heavy atom. The lowest BCUT2D eigenvalue weighted by Crippen LogP contribution is -2.51. The highest BCUT2D eigenvalue weighted by Crippen LogP contribution is 2.49. The third kappa shape index (κ3) is 3.10. The first-order valence-electron chi connectivity index (χ1n) is 7.67. The first-order valence-corrected chi connectivity index (χ1v) is 8.43. The Balaban J connectivity index is 2.50. The van der Waals surface area contributed by atoms with Crippen molar-refractivity contribution >= 4 is 23.2 Å². The zero-order valence-corrected chi connectivity index (χ0v) is 14.5. The van der Waals surface area contributed by atoms with Crippen LogP contribution < -0.4 is 5.32 Å². The Kier molecular flexibility index (Phi) is 5.59. The number of aliphatic hydroxyl groups excluding tert-OH is 1. The van der Waals surface area contributed by atoms with Crippen LogP contribution in [0, 0.1) is 17.8 Å². The Labute approximate surface area is 137 Å².